The van der Waals surface area contributed by atoms with E-state index in [-0.39, 0.29) is 10.9 Å². The highest BCUT2D eigenvalue weighted by Crippen LogP contribution is 2.12. The van der Waals surface area contributed by atoms with Crippen LogP contribution in [0.1, 0.15) is 18.9 Å². The van der Waals surface area contributed by atoms with Crippen molar-refractivity contribution < 1.29 is 8.42 Å². The van der Waals surface area contributed by atoms with Crippen LogP contribution in [0.25, 0.3) is 0 Å². The van der Waals surface area contributed by atoms with E-state index in [1.54, 1.807) is 30.0 Å². The molecule has 102 valence electrons. The lowest BCUT2D eigenvalue weighted by molar-refractivity contribution is 0.557. The minimum absolute atomic E-state index is 0.0658. The molecule has 0 aliphatic heterocycles. The number of hydrogen-bond donors (Lipinski definition) is 2. The minimum Gasteiger partial charge on any atom is -0.326 e. The zero-order chi connectivity index (χ0) is 13.6. The summed E-state index contributed by atoms with van der Waals surface area (Å²) in [5.41, 5.74) is 6.33. The van der Waals surface area contributed by atoms with Gasteiger partial charge in [-0.25, -0.2) is 13.1 Å². The molecule has 3 N–H and O–H groups in total. The fourth-order valence-corrected chi connectivity index (χ4v) is 3.46. The van der Waals surface area contributed by atoms with Gasteiger partial charge < -0.3 is 5.73 Å². The van der Waals surface area contributed by atoms with E-state index in [4.69, 9.17) is 5.73 Å². The summed E-state index contributed by atoms with van der Waals surface area (Å²) >= 11 is 1.71. The van der Waals surface area contributed by atoms with Gasteiger partial charge in [-0.2, -0.15) is 11.8 Å². The molecule has 0 spiro atoms. The number of nitrogens with two attached hydrogens (primary N) is 1. The standard InChI is InChI=1S/C12H20N2O2S2/c1-10(6-7-17-2)14-18(15,16)12-5-3-4-11(8-12)9-13/h3-5,8,10,14H,6-7,9,13H2,1-2H3. The Morgan fingerprint density at radius 1 is 1.44 bits per heavy atom. The van der Waals surface area contributed by atoms with Crippen LogP contribution >= 0.6 is 11.8 Å². The lowest BCUT2D eigenvalue weighted by Gasteiger charge is -2.14. The first-order chi connectivity index (χ1) is 8.49. The van der Waals surface area contributed by atoms with Crippen LogP contribution in [0.3, 0.4) is 0 Å². The zero-order valence-corrected chi connectivity index (χ0v) is 12.4. The maximum Gasteiger partial charge on any atom is 0.240 e. The largest absolute Gasteiger partial charge is 0.326 e. The van der Waals surface area contributed by atoms with E-state index >= 15 is 0 Å². The Morgan fingerprint density at radius 2 is 2.17 bits per heavy atom. The molecule has 0 aromatic heterocycles. The van der Waals surface area contributed by atoms with Crippen molar-refractivity contribution in [1.82, 2.24) is 4.72 Å². The van der Waals surface area contributed by atoms with Crippen molar-refractivity contribution in [1.29, 1.82) is 0 Å². The van der Waals surface area contributed by atoms with Crippen LogP contribution in [0.4, 0.5) is 0 Å². The van der Waals surface area contributed by atoms with Gasteiger partial charge in [0.15, 0.2) is 0 Å². The maximum absolute atomic E-state index is 12.1. The highest BCUT2D eigenvalue weighted by atomic mass is 32.2. The lowest BCUT2D eigenvalue weighted by Crippen LogP contribution is -2.33. The van der Waals surface area contributed by atoms with Gasteiger partial charge in [0.05, 0.1) is 4.90 Å². The average Bonchev–Trinajstić information content (AvgIpc) is 2.36. The summed E-state index contributed by atoms with van der Waals surface area (Å²) in [6, 6.07) is 6.66. The molecule has 0 fully saturated rings. The quantitative estimate of drug-likeness (QED) is 0.799. The fraction of sp³-hybridized carbons (Fsp3) is 0.500. The van der Waals surface area contributed by atoms with Gasteiger partial charge >= 0.3 is 0 Å². The van der Waals surface area contributed by atoms with Crippen molar-refractivity contribution in [2.45, 2.75) is 30.8 Å². The molecule has 1 rings (SSSR count). The Morgan fingerprint density at radius 3 is 2.78 bits per heavy atom. The van der Waals surface area contributed by atoms with Crippen LogP contribution in [0.15, 0.2) is 29.2 Å². The highest BCUT2D eigenvalue weighted by molar-refractivity contribution is 7.98. The van der Waals surface area contributed by atoms with Gasteiger partial charge in [-0.1, -0.05) is 12.1 Å². The van der Waals surface area contributed by atoms with Crippen LogP contribution in [-0.2, 0) is 16.6 Å². The second-order valence-electron chi connectivity index (χ2n) is 4.16. The van der Waals surface area contributed by atoms with E-state index in [1.165, 1.54) is 0 Å². The smallest absolute Gasteiger partial charge is 0.240 e. The lowest BCUT2D eigenvalue weighted by atomic mass is 10.2. The highest BCUT2D eigenvalue weighted by Gasteiger charge is 2.17. The first-order valence-corrected chi connectivity index (χ1v) is 8.67. The molecule has 18 heavy (non-hydrogen) atoms. The Labute approximate surface area is 113 Å². The number of hydrogen-bond acceptors (Lipinski definition) is 4. The molecule has 0 aliphatic rings. The summed E-state index contributed by atoms with van der Waals surface area (Å²) in [7, 11) is -3.44. The van der Waals surface area contributed by atoms with E-state index in [0.717, 1.165) is 17.7 Å². The van der Waals surface area contributed by atoms with E-state index < -0.39 is 10.0 Å². The first kappa shape index (κ1) is 15.5. The monoisotopic (exact) mass is 288 g/mol. The number of benzene rings is 1. The van der Waals surface area contributed by atoms with Gasteiger partial charge in [-0.15, -0.1) is 0 Å². The molecule has 1 aromatic rings. The Kier molecular flexibility index (Phi) is 6.14. The van der Waals surface area contributed by atoms with Crippen LogP contribution in [0.2, 0.25) is 0 Å². The SMILES string of the molecule is CSCCC(C)NS(=O)(=O)c1cccc(CN)c1. The average molecular weight is 288 g/mol. The summed E-state index contributed by atoms with van der Waals surface area (Å²) < 4.78 is 26.9. The second-order valence-corrected chi connectivity index (χ2v) is 6.85. The fourth-order valence-electron chi connectivity index (χ4n) is 1.53. The van der Waals surface area contributed by atoms with E-state index in [1.807, 2.05) is 19.2 Å². The molecular formula is C12H20N2O2S2. The Hall–Kier alpha value is -0.560. The molecule has 0 amide bonds. The molecular weight excluding hydrogens is 268 g/mol. The van der Waals surface area contributed by atoms with Crippen LogP contribution in [-0.4, -0.2) is 26.5 Å². The topological polar surface area (TPSA) is 72.2 Å². The van der Waals surface area contributed by atoms with E-state index in [0.29, 0.717) is 6.54 Å². The van der Waals surface area contributed by atoms with Crippen molar-refractivity contribution in [3.05, 3.63) is 29.8 Å². The van der Waals surface area contributed by atoms with Gasteiger partial charge in [0.1, 0.15) is 0 Å². The predicted molar refractivity (Wildman–Crippen MR) is 77.1 cm³/mol. The molecule has 0 heterocycles. The van der Waals surface area contributed by atoms with Gasteiger partial charge in [-0.3, -0.25) is 0 Å². The maximum atomic E-state index is 12.1. The number of thioether (sulfide) groups is 1. The van der Waals surface area contributed by atoms with Crippen molar-refractivity contribution in [2.75, 3.05) is 12.0 Å². The summed E-state index contributed by atoms with van der Waals surface area (Å²) in [6.07, 6.45) is 2.82. The third-order valence-corrected chi connectivity index (χ3v) is 4.79. The van der Waals surface area contributed by atoms with Crippen molar-refractivity contribution in [3.63, 3.8) is 0 Å². The van der Waals surface area contributed by atoms with Gasteiger partial charge in [0, 0.05) is 12.6 Å². The van der Waals surface area contributed by atoms with Crippen LogP contribution in [0.5, 0.6) is 0 Å². The molecule has 0 aliphatic carbocycles. The van der Waals surface area contributed by atoms with Crippen LogP contribution in [0, 0.1) is 0 Å². The van der Waals surface area contributed by atoms with Crippen molar-refractivity contribution >= 4 is 21.8 Å². The third kappa shape index (κ3) is 4.61. The minimum atomic E-state index is -3.44. The van der Waals surface area contributed by atoms with Crippen molar-refractivity contribution in [3.8, 4) is 0 Å². The molecule has 0 saturated carbocycles. The predicted octanol–water partition coefficient (Wildman–Crippen LogP) is 1.57. The summed E-state index contributed by atoms with van der Waals surface area (Å²) in [5, 5.41) is 0. The first-order valence-electron chi connectivity index (χ1n) is 5.80. The summed E-state index contributed by atoms with van der Waals surface area (Å²) in [4.78, 5) is 0.279. The second kappa shape index (κ2) is 7.13. The normalized spacial score (nSPS) is 13.5. The molecule has 0 bridgehead atoms. The summed E-state index contributed by atoms with van der Waals surface area (Å²) in [5.74, 6) is 0.937. The van der Waals surface area contributed by atoms with E-state index in [2.05, 4.69) is 4.72 Å². The van der Waals surface area contributed by atoms with E-state index in [9.17, 15) is 8.42 Å². The van der Waals surface area contributed by atoms with Crippen molar-refractivity contribution in [2.24, 2.45) is 5.73 Å². The molecule has 0 saturated heterocycles. The third-order valence-electron chi connectivity index (χ3n) is 2.56. The number of nitrogens with one attached hydrogen (secondary N) is 1. The van der Waals surface area contributed by atoms with Crippen LogP contribution < -0.4 is 10.5 Å². The molecule has 1 unspecified atom stereocenters. The molecule has 0 radical (unpaired) electrons. The molecule has 6 heteroatoms. The number of rotatable bonds is 7. The van der Waals surface area contributed by atoms with Gasteiger partial charge in [0.25, 0.3) is 0 Å². The Balaban J connectivity index is 2.79. The Bertz CT molecular complexity index is 475. The zero-order valence-electron chi connectivity index (χ0n) is 10.7. The molecule has 1 aromatic carbocycles. The van der Waals surface area contributed by atoms with Gasteiger partial charge in [-0.05, 0) is 43.0 Å². The number of sulfonamides is 1. The molecule has 4 nitrogen and oxygen atoms in total. The van der Waals surface area contributed by atoms with Gasteiger partial charge in [0.2, 0.25) is 10.0 Å². The summed E-state index contributed by atoms with van der Waals surface area (Å²) in [6.45, 7) is 2.21. The molecule has 1 atom stereocenters.